The maximum atomic E-state index is 14.2. The number of hydrogen-bond donors (Lipinski definition) is 1. The molecule has 0 aliphatic heterocycles. The molecular formula is C16H21F2NO3. The van der Waals surface area contributed by atoms with Crippen LogP contribution in [0.15, 0.2) is 24.3 Å². The number of nitrogens with one attached hydrogen (secondary N) is 1. The van der Waals surface area contributed by atoms with E-state index >= 15 is 0 Å². The number of carbonyl (C=O) groups excluding carboxylic acids is 2. The number of carbonyl (C=O) groups is 2. The van der Waals surface area contributed by atoms with E-state index in [1.54, 1.807) is 39.8 Å². The van der Waals surface area contributed by atoms with Gasteiger partial charge in [0.05, 0.1) is 0 Å². The third-order valence-corrected chi connectivity index (χ3v) is 2.87. The Kier molecular flexibility index (Phi) is 5.27. The summed E-state index contributed by atoms with van der Waals surface area (Å²) < 4.78 is 33.4. The van der Waals surface area contributed by atoms with E-state index in [0.717, 1.165) is 12.5 Å². The van der Waals surface area contributed by atoms with Gasteiger partial charge >= 0.3 is 12.0 Å². The monoisotopic (exact) mass is 313 g/mol. The summed E-state index contributed by atoms with van der Waals surface area (Å²) in [7, 11) is 0. The Labute approximate surface area is 128 Å². The van der Waals surface area contributed by atoms with Gasteiger partial charge in [0, 0.05) is 6.92 Å². The average molecular weight is 313 g/mol. The number of aryl methyl sites for hydroxylation is 1. The zero-order valence-electron chi connectivity index (χ0n) is 13.4. The van der Waals surface area contributed by atoms with Gasteiger partial charge in [-0.25, -0.2) is 4.79 Å². The zero-order chi connectivity index (χ0) is 17.1. The minimum absolute atomic E-state index is 0.144. The van der Waals surface area contributed by atoms with E-state index in [0.29, 0.717) is 0 Å². The van der Waals surface area contributed by atoms with Crippen molar-refractivity contribution < 1.29 is 23.1 Å². The van der Waals surface area contributed by atoms with Crippen molar-refractivity contribution in [2.45, 2.75) is 52.2 Å². The molecule has 0 aliphatic rings. The summed E-state index contributed by atoms with van der Waals surface area (Å²) in [5.41, 5.74) is 0.0612. The van der Waals surface area contributed by atoms with Gasteiger partial charge in [0.15, 0.2) is 0 Å². The fourth-order valence-electron chi connectivity index (χ4n) is 1.86. The molecule has 0 bridgehead atoms. The van der Waals surface area contributed by atoms with Gasteiger partial charge < -0.3 is 10.1 Å². The second-order valence-corrected chi connectivity index (χ2v) is 6.17. The highest BCUT2D eigenvalue weighted by Crippen LogP contribution is 2.33. The highest BCUT2D eigenvalue weighted by Gasteiger charge is 2.46. The lowest BCUT2D eigenvalue weighted by molar-refractivity contribution is -0.145. The van der Waals surface area contributed by atoms with Gasteiger partial charge in [-0.2, -0.15) is 8.78 Å². The number of alkyl carbamates (subject to hydrolysis) is 1. The largest absolute Gasteiger partial charge is 0.444 e. The molecule has 0 saturated carbocycles. The molecule has 22 heavy (non-hydrogen) atoms. The second kappa shape index (κ2) is 6.42. The minimum Gasteiger partial charge on any atom is -0.444 e. The Hall–Kier alpha value is -1.98. The molecule has 122 valence electrons. The van der Waals surface area contributed by atoms with Crippen molar-refractivity contribution in [2.75, 3.05) is 0 Å². The number of Topliss-reactive ketones (excluding diaryl/α,β-unsaturated/α-hetero) is 1. The molecule has 0 aromatic heterocycles. The smallest absolute Gasteiger partial charge is 0.408 e. The molecule has 0 aliphatic carbocycles. The lowest BCUT2D eigenvalue weighted by Crippen LogP contribution is -2.46. The van der Waals surface area contributed by atoms with E-state index in [1.165, 1.54) is 12.1 Å². The van der Waals surface area contributed by atoms with E-state index < -0.39 is 29.4 Å². The van der Waals surface area contributed by atoms with Crippen molar-refractivity contribution in [3.05, 3.63) is 35.4 Å². The lowest BCUT2D eigenvalue weighted by atomic mass is 9.96. The summed E-state index contributed by atoms with van der Waals surface area (Å²) in [6.45, 7) is 7.39. The topological polar surface area (TPSA) is 55.4 Å². The van der Waals surface area contributed by atoms with Gasteiger partial charge in [0.1, 0.15) is 11.6 Å². The number of ketones is 1. The summed E-state index contributed by atoms with van der Waals surface area (Å²) in [6.07, 6.45) is -1.00. The van der Waals surface area contributed by atoms with Crippen molar-refractivity contribution >= 4 is 11.9 Å². The molecule has 1 amide bonds. The predicted octanol–water partition coefficient (Wildman–Crippen LogP) is 3.79. The van der Waals surface area contributed by atoms with Crippen LogP contribution in [0.3, 0.4) is 0 Å². The van der Waals surface area contributed by atoms with Crippen molar-refractivity contribution in [2.24, 2.45) is 0 Å². The van der Waals surface area contributed by atoms with Crippen LogP contribution in [0.2, 0.25) is 0 Å². The zero-order valence-corrected chi connectivity index (χ0v) is 13.4. The Morgan fingerprint density at radius 1 is 1.23 bits per heavy atom. The summed E-state index contributed by atoms with van der Waals surface area (Å²) in [5.74, 6) is -5.06. The third kappa shape index (κ3) is 4.79. The molecule has 0 fully saturated rings. The van der Waals surface area contributed by atoms with E-state index in [1.807, 2.05) is 0 Å². The van der Waals surface area contributed by atoms with Crippen LogP contribution in [-0.4, -0.2) is 23.4 Å². The first-order valence-electron chi connectivity index (χ1n) is 6.88. The fraction of sp³-hybridized carbons (Fsp3) is 0.500. The minimum atomic E-state index is -3.73. The van der Waals surface area contributed by atoms with Crippen molar-refractivity contribution in [1.82, 2.24) is 5.32 Å². The van der Waals surface area contributed by atoms with E-state index in [-0.39, 0.29) is 5.56 Å². The fourth-order valence-corrected chi connectivity index (χ4v) is 1.86. The van der Waals surface area contributed by atoms with Gasteiger partial charge in [-0.15, -0.1) is 0 Å². The van der Waals surface area contributed by atoms with Crippen molar-refractivity contribution in [3.63, 3.8) is 0 Å². The Morgan fingerprint density at radius 3 is 2.27 bits per heavy atom. The molecule has 1 N–H and O–H groups in total. The normalized spacial score (nSPS) is 13.4. The molecular weight excluding hydrogens is 292 g/mol. The van der Waals surface area contributed by atoms with Crippen LogP contribution in [-0.2, 0) is 9.53 Å². The van der Waals surface area contributed by atoms with Crippen LogP contribution >= 0.6 is 0 Å². The average Bonchev–Trinajstić information content (AvgIpc) is 2.33. The van der Waals surface area contributed by atoms with E-state index in [9.17, 15) is 18.4 Å². The van der Waals surface area contributed by atoms with Crippen LogP contribution in [0, 0.1) is 6.92 Å². The highest BCUT2D eigenvalue weighted by atomic mass is 19.3. The van der Waals surface area contributed by atoms with Crippen LogP contribution in [0.1, 0.15) is 44.9 Å². The molecule has 1 rings (SSSR count). The number of halogens is 2. The number of rotatable bonds is 4. The second-order valence-electron chi connectivity index (χ2n) is 6.17. The molecule has 0 saturated heterocycles. The van der Waals surface area contributed by atoms with Crippen molar-refractivity contribution in [3.8, 4) is 0 Å². The highest BCUT2D eigenvalue weighted by molar-refractivity contribution is 5.85. The van der Waals surface area contributed by atoms with Crippen molar-refractivity contribution in [1.29, 1.82) is 0 Å². The molecule has 1 unspecified atom stereocenters. The molecule has 1 atom stereocenters. The first-order valence-corrected chi connectivity index (χ1v) is 6.88. The molecule has 0 spiro atoms. The van der Waals surface area contributed by atoms with E-state index in [2.05, 4.69) is 5.32 Å². The first kappa shape index (κ1) is 18.1. The summed E-state index contributed by atoms with van der Waals surface area (Å²) in [5, 5.41) is 2.11. The van der Waals surface area contributed by atoms with Crippen LogP contribution < -0.4 is 5.32 Å². The summed E-state index contributed by atoms with van der Waals surface area (Å²) in [4.78, 5) is 23.1. The quantitative estimate of drug-likeness (QED) is 0.920. The molecule has 0 heterocycles. The maximum Gasteiger partial charge on any atom is 0.408 e. The van der Waals surface area contributed by atoms with Gasteiger partial charge in [0.25, 0.3) is 0 Å². The number of hydrogen-bond acceptors (Lipinski definition) is 3. The van der Waals surface area contributed by atoms with Crippen LogP contribution in [0.25, 0.3) is 0 Å². The molecule has 1 aromatic carbocycles. The third-order valence-electron chi connectivity index (χ3n) is 2.87. The predicted molar refractivity (Wildman–Crippen MR) is 78.9 cm³/mol. The number of ether oxygens (including phenoxy) is 1. The van der Waals surface area contributed by atoms with Gasteiger partial charge in [-0.05, 0) is 33.3 Å². The van der Waals surface area contributed by atoms with Gasteiger partial charge in [-0.3, -0.25) is 4.79 Å². The molecule has 0 radical (unpaired) electrons. The van der Waals surface area contributed by atoms with Crippen LogP contribution in [0.4, 0.5) is 13.6 Å². The molecule has 4 nitrogen and oxygen atoms in total. The number of benzene rings is 1. The Balaban J connectivity index is 3.13. The lowest BCUT2D eigenvalue weighted by Gasteiger charge is -2.28. The van der Waals surface area contributed by atoms with E-state index in [4.69, 9.17) is 4.74 Å². The van der Waals surface area contributed by atoms with Gasteiger partial charge in [0.2, 0.25) is 5.78 Å². The standard InChI is InChI=1S/C16H21F2NO3/c1-10-7-6-8-12(9-10)13(16(17,18)11(2)20)19-14(21)22-15(3,4)5/h6-9,13H,1-5H3,(H,19,21). The first-order chi connectivity index (χ1) is 9.93. The van der Waals surface area contributed by atoms with Gasteiger partial charge in [-0.1, -0.05) is 29.8 Å². The number of alkyl halides is 2. The Morgan fingerprint density at radius 2 is 1.82 bits per heavy atom. The molecule has 6 heteroatoms. The Bertz CT molecular complexity index is 565. The molecule has 1 aromatic rings. The maximum absolute atomic E-state index is 14.2. The number of amides is 1. The summed E-state index contributed by atoms with van der Waals surface area (Å²) >= 11 is 0. The summed E-state index contributed by atoms with van der Waals surface area (Å²) in [6, 6.07) is 4.48. The SMILES string of the molecule is CC(=O)C(F)(F)C(NC(=O)OC(C)(C)C)c1cccc(C)c1. The van der Waals surface area contributed by atoms with Crippen LogP contribution in [0.5, 0.6) is 0 Å².